The second kappa shape index (κ2) is 4.30. The Bertz CT molecular complexity index is 663. The molecule has 0 saturated carbocycles. The van der Waals surface area contributed by atoms with Crippen LogP contribution in [0.4, 0.5) is 10.5 Å². The predicted octanol–water partition coefficient (Wildman–Crippen LogP) is 3.13. The van der Waals surface area contributed by atoms with E-state index in [0.717, 1.165) is 0 Å². The van der Waals surface area contributed by atoms with E-state index in [1.165, 1.54) is 23.8 Å². The van der Waals surface area contributed by atoms with Crippen molar-refractivity contribution in [1.29, 1.82) is 0 Å². The maximum absolute atomic E-state index is 11.6. The Morgan fingerprint density at radius 2 is 2.17 bits per heavy atom. The molecule has 0 atom stereocenters. The van der Waals surface area contributed by atoms with Gasteiger partial charge in [-0.2, -0.15) is 0 Å². The van der Waals surface area contributed by atoms with Crippen molar-refractivity contribution in [2.45, 2.75) is 6.92 Å². The minimum absolute atomic E-state index is 0.0366. The summed E-state index contributed by atoms with van der Waals surface area (Å²) >= 11 is 5.81. The van der Waals surface area contributed by atoms with Crippen molar-refractivity contribution in [3.63, 3.8) is 0 Å². The highest BCUT2D eigenvalue weighted by Crippen LogP contribution is 2.34. The number of nitro benzene ring substituents is 1. The van der Waals surface area contributed by atoms with E-state index in [1.807, 2.05) is 0 Å². The number of halogens is 1. The average molecular weight is 269 g/mol. The average Bonchev–Trinajstić information content (AvgIpc) is 2.63. The lowest BCUT2D eigenvalue weighted by Gasteiger charge is -2.04. The SMILES string of the molecule is COC(=O)n1c(C)cc2c([N+](=O)[O-])c(Cl)ccc21. The molecule has 0 unspecified atom stereocenters. The van der Waals surface area contributed by atoms with Gasteiger partial charge in [-0.25, -0.2) is 9.36 Å². The van der Waals surface area contributed by atoms with Gasteiger partial charge in [0.05, 0.1) is 22.9 Å². The molecule has 2 rings (SSSR count). The summed E-state index contributed by atoms with van der Waals surface area (Å²) < 4.78 is 5.90. The molecule has 6 nitrogen and oxygen atoms in total. The molecule has 0 aliphatic carbocycles. The summed E-state index contributed by atoms with van der Waals surface area (Å²) in [6.07, 6.45) is -0.598. The highest BCUT2D eigenvalue weighted by molar-refractivity contribution is 6.34. The lowest BCUT2D eigenvalue weighted by Crippen LogP contribution is -2.12. The maximum atomic E-state index is 11.6. The molecule has 0 amide bonds. The molecule has 0 aliphatic heterocycles. The van der Waals surface area contributed by atoms with Gasteiger partial charge in [0.25, 0.3) is 5.69 Å². The fraction of sp³-hybridized carbons (Fsp3) is 0.182. The Morgan fingerprint density at radius 1 is 1.50 bits per heavy atom. The Morgan fingerprint density at radius 3 is 2.72 bits per heavy atom. The molecule has 1 aromatic heterocycles. The van der Waals surface area contributed by atoms with E-state index < -0.39 is 11.0 Å². The number of benzene rings is 1. The van der Waals surface area contributed by atoms with E-state index in [4.69, 9.17) is 11.6 Å². The smallest absolute Gasteiger partial charge is 0.418 e. The van der Waals surface area contributed by atoms with Crippen molar-refractivity contribution in [3.05, 3.63) is 39.0 Å². The number of nitrogens with zero attached hydrogens (tertiary/aromatic N) is 2. The lowest BCUT2D eigenvalue weighted by atomic mass is 10.2. The topological polar surface area (TPSA) is 74.4 Å². The van der Waals surface area contributed by atoms with Crippen LogP contribution in [0.5, 0.6) is 0 Å². The first-order chi connectivity index (χ1) is 8.47. The van der Waals surface area contributed by atoms with Crippen molar-refractivity contribution in [2.24, 2.45) is 0 Å². The van der Waals surface area contributed by atoms with Gasteiger partial charge in [0.15, 0.2) is 0 Å². The van der Waals surface area contributed by atoms with Crippen LogP contribution in [-0.4, -0.2) is 22.7 Å². The van der Waals surface area contributed by atoms with Crippen LogP contribution in [0.2, 0.25) is 5.02 Å². The van der Waals surface area contributed by atoms with E-state index in [2.05, 4.69) is 4.74 Å². The summed E-state index contributed by atoms with van der Waals surface area (Å²) in [6.45, 7) is 1.66. The molecule has 0 saturated heterocycles. The molecular formula is C11H9ClN2O4. The summed E-state index contributed by atoms with van der Waals surface area (Å²) in [4.78, 5) is 22.0. The zero-order valence-electron chi connectivity index (χ0n) is 9.64. The second-order valence-corrected chi connectivity index (χ2v) is 4.08. The lowest BCUT2D eigenvalue weighted by molar-refractivity contribution is -0.382. The minimum atomic E-state index is -0.598. The largest absolute Gasteiger partial charge is 0.452 e. The Balaban J connectivity index is 2.87. The van der Waals surface area contributed by atoms with Gasteiger partial charge in [-0.15, -0.1) is 0 Å². The molecule has 0 bridgehead atoms. The van der Waals surface area contributed by atoms with Gasteiger partial charge < -0.3 is 4.74 Å². The summed E-state index contributed by atoms with van der Waals surface area (Å²) in [5, 5.41) is 11.3. The molecule has 2 aromatic rings. The third-order valence-corrected chi connectivity index (χ3v) is 2.94. The number of nitro groups is 1. The molecule has 1 aromatic carbocycles. The quantitative estimate of drug-likeness (QED) is 0.588. The Kier molecular flexibility index (Phi) is 2.96. The number of carbonyl (C=O) groups is 1. The summed E-state index contributed by atoms with van der Waals surface area (Å²) in [5.74, 6) is 0. The second-order valence-electron chi connectivity index (χ2n) is 3.68. The fourth-order valence-electron chi connectivity index (χ4n) is 1.89. The number of fused-ring (bicyclic) bond motifs is 1. The zero-order chi connectivity index (χ0) is 13.4. The molecule has 1 heterocycles. The Labute approximate surface area is 107 Å². The molecule has 18 heavy (non-hydrogen) atoms. The monoisotopic (exact) mass is 268 g/mol. The van der Waals surface area contributed by atoms with E-state index in [9.17, 15) is 14.9 Å². The highest BCUT2D eigenvalue weighted by Gasteiger charge is 2.22. The van der Waals surface area contributed by atoms with Crippen LogP contribution in [-0.2, 0) is 4.74 Å². The van der Waals surface area contributed by atoms with Crippen LogP contribution >= 0.6 is 11.6 Å². The van der Waals surface area contributed by atoms with Crippen LogP contribution in [0.1, 0.15) is 5.69 Å². The fourth-order valence-corrected chi connectivity index (χ4v) is 2.12. The first kappa shape index (κ1) is 12.4. The van der Waals surface area contributed by atoms with Crippen LogP contribution < -0.4 is 0 Å². The molecule has 0 aliphatic rings. The standard InChI is InChI=1S/C11H9ClN2O4/c1-6-5-7-9(13(6)11(15)18-2)4-3-8(12)10(7)14(16)17/h3-5H,1-2H3. The van der Waals surface area contributed by atoms with E-state index >= 15 is 0 Å². The van der Waals surface area contributed by atoms with Crippen molar-refractivity contribution < 1.29 is 14.5 Å². The molecule has 0 radical (unpaired) electrons. The minimum Gasteiger partial charge on any atom is -0.452 e. The highest BCUT2D eigenvalue weighted by atomic mass is 35.5. The van der Waals surface area contributed by atoms with E-state index in [1.54, 1.807) is 13.0 Å². The molecule has 0 N–H and O–H groups in total. The molecule has 0 fully saturated rings. The third-order valence-electron chi connectivity index (χ3n) is 2.63. The normalized spacial score (nSPS) is 10.6. The van der Waals surface area contributed by atoms with Crippen molar-refractivity contribution in [1.82, 2.24) is 4.57 Å². The number of hydrogen-bond acceptors (Lipinski definition) is 4. The number of hydrogen-bond donors (Lipinski definition) is 0. The maximum Gasteiger partial charge on any atom is 0.418 e. The molecule has 7 heteroatoms. The van der Waals surface area contributed by atoms with Crippen molar-refractivity contribution in [2.75, 3.05) is 7.11 Å². The zero-order valence-corrected chi connectivity index (χ0v) is 10.4. The summed E-state index contributed by atoms with van der Waals surface area (Å²) in [6, 6.07) is 4.48. The number of ether oxygens (including phenoxy) is 1. The number of aryl methyl sites for hydroxylation is 1. The number of methoxy groups -OCH3 is 1. The van der Waals surface area contributed by atoms with Gasteiger partial charge in [0, 0.05) is 5.69 Å². The summed E-state index contributed by atoms with van der Waals surface area (Å²) in [7, 11) is 1.25. The third kappa shape index (κ3) is 1.70. The first-order valence-corrected chi connectivity index (χ1v) is 5.38. The van der Waals surface area contributed by atoms with E-state index in [-0.39, 0.29) is 10.7 Å². The van der Waals surface area contributed by atoms with E-state index in [0.29, 0.717) is 16.6 Å². The van der Waals surface area contributed by atoms with Gasteiger partial charge in [0.1, 0.15) is 5.02 Å². The molecule has 94 valence electrons. The number of carbonyl (C=O) groups excluding carboxylic acids is 1. The molecular weight excluding hydrogens is 260 g/mol. The van der Waals surface area contributed by atoms with Crippen LogP contribution in [0, 0.1) is 17.0 Å². The van der Waals surface area contributed by atoms with Gasteiger partial charge in [-0.3, -0.25) is 10.1 Å². The number of aromatic nitrogens is 1. The summed E-state index contributed by atoms with van der Waals surface area (Å²) in [5.41, 5.74) is 0.734. The van der Waals surface area contributed by atoms with Gasteiger partial charge >= 0.3 is 6.09 Å². The number of rotatable bonds is 1. The van der Waals surface area contributed by atoms with Crippen LogP contribution in [0.25, 0.3) is 10.9 Å². The van der Waals surface area contributed by atoms with Crippen molar-refractivity contribution in [3.8, 4) is 0 Å². The first-order valence-electron chi connectivity index (χ1n) is 5.00. The predicted molar refractivity (Wildman–Crippen MR) is 66.1 cm³/mol. The van der Waals surface area contributed by atoms with Gasteiger partial charge in [-0.1, -0.05) is 11.6 Å². The van der Waals surface area contributed by atoms with Crippen molar-refractivity contribution >= 4 is 34.3 Å². The van der Waals surface area contributed by atoms with Gasteiger partial charge in [0.2, 0.25) is 0 Å². The Hall–Kier alpha value is -2.08. The van der Waals surface area contributed by atoms with Crippen LogP contribution in [0.15, 0.2) is 18.2 Å². The van der Waals surface area contributed by atoms with Crippen LogP contribution in [0.3, 0.4) is 0 Å². The van der Waals surface area contributed by atoms with Gasteiger partial charge in [-0.05, 0) is 25.1 Å². The molecule has 0 spiro atoms.